The van der Waals surface area contributed by atoms with Crippen LogP contribution >= 0.6 is 0 Å². The van der Waals surface area contributed by atoms with Crippen LogP contribution in [0.15, 0.2) is 24.3 Å². The van der Waals surface area contributed by atoms with Crippen molar-refractivity contribution < 1.29 is 9.59 Å². The molecule has 1 fully saturated rings. The number of para-hydroxylation sites is 1. The fourth-order valence-electron chi connectivity index (χ4n) is 2.93. The van der Waals surface area contributed by atoms with Gasteiger partial charge in [-0.1, -0.05) is 44.9 Å². The second-order valence-corrected chi connectivity index (χ2v) is 7.28. The van der Waals surface area contributed by atoms with E-state index >= 15 is 0 Å². The Kier molecular flexibility index (Phi) is 5.45. The van der Waals surface area contributed by atoms with E-state index in [1.807, 2.05) is 24.3 Å². The molecule has 23 heavy (non-hydrogen) atoms. The molecule has 2 rings (SSSR count). The van der Waals surface area contributed by atoms with Gasteiger partial charge in [-0.2, -0.15) is 0 Å². The maximum Gasteiger partial charge on any atom is 0.239 e. The van der Waals surface area contributed by atoms with Gasteiger partial charge in [-0.25, -0.2) is 0 Å². The Hall–Kier alpha value is -1.84. The predicted molar refractivity (Wildman–Crippen MR) is 93.3 cm³/mol. The van der Waals surface area contributed by atoms with Crippen molar-refractivity contribution in [3.63, 3.8) is 0 Å². The third-order valence-electron chi connectivity index (χ3n) is 4.66. The number of anilines is 1. The molecule has 126 valence electrons. The molecule has 0 saturated heterocycles. The van der Waals surface area contributed by atoms with Crippen molar-refractivity contribution in [2.45, 2.75) is 65.3 Å². The summed E-state index contributed by atoms with van der Waals surface area (Å²) in [5.41, 5.74) is 0.772. The molecule has 1 aromatic carbocycles. The van der Waals surface area contributed by atoms with E-state index in [0.717, 1.165) is 36.9 Å². The fourth-order valence-corrected chi connectivity index (χ4v) is 2.93. The number of carbonyl (C=O) groups excluding carboxylic acids is 2. The van der Waals surface area contributed by atoms with Crippen molar-refractivity contribution in [1.82, 2.24) is 5.32 Å². The summed E-state index contributed by atoms with van der Waals surface area (Å²) in [4.78, 5) is 25.2. The minimum Gasteiger partial charge on any atom is -0.352 e. The highest BCUT2D eigenvalue weighted by atomic mass is 16.2. The highest BCUT2D eigenvalue weighted by Crippen LogP contribution is 2.27. The Bertz CT molecular complexity index is 572. The number of carbonyl (C=O) groups is 2. The number of hydrogen-bond acceptors (Lipinski definition) is 2. The van der Waals surface area contributed by atoms with Crippen molar-refractivity contribution in [3.05, 3.63) is 29.8 Å². The highest BCUT2D eigenvalue weighted by Gasteiger charge is 2.37. The van der Waals surface area contributed by atoms with Crippen LogP contribution in [0, 0.1) is 5.41 Å². The molecular weight excluding hydrogens is 288 g/mol. The Balaban J connectivity index is 2.07. The van der Waals surface area contributed by atoms with Crippen LogP contribution in [0.25, 0.3) is 0 Å². The average molecular weight is 316 g/mol. The van der Waals surface area contributed by atoms with Gasteiger partial charge >= 0.3 is 0 Å². The molecule has 1 aromatic rings. The van der Waals surface area contributed by atoms with Crippen LogP contribution in [0.2, 0.25) is 0 Å². The van der Waals surface area contributed by atoms with Gasteiger partial charge in [0.25, 0.3) is 0 Å². The van der Waals surface area contributed by atoms with Gasteiger partial charge < -0.3 is 10.6 Å². The van der Waals surface area contributed by atoms with Crippen molar-refractivity contribution in [2.24, 2.45) is 5.41 Å². The lowest BCUT2D eigenvalue weighted by molar-refractivity contribution is -0.138. The molecule has 1 aliphatic carbocycles. The van der Waals surface area contributed by atoms with Crippen LogP contribution in [0.4, 0.5) is 5.69 Å². The van der Waals surface area contributed by atoms with E-state index in [1.54, 1.807) is 13.8 Å². The Morgan fingerprint density at radius 1 is 1.09 bits per heavy atom. The van der Waals surface area contributed by atoms with Crippen molar-refractivity contribution in [3.8, 4) is 0 Å². The van der Waals surface area contributed by atoms with E-state index in [1.165, 1.54) is 0 Å². The van der Waals surface area contributed by atoms with Gasteiger partial charge in [-0.3, -0.25) is 9.59 Å². The number of nitrogens with one attached hydrogen (secondary N) is 2. The standard InChI is InChI=1S/C19H28N2O2/c1-13(2)15-11-7-8-12-16(15)21-18(23)19(3,4)17(22)20-14-9-5-6-10-14/h7-8,11-14H,5-6,9-10H2,1-4H3,(H,20,22)(H,21,23). The van der Waals surface area contributed by atoms with Crippen molar-refractivity contribution in [1.29, 1.82) is 0 Å². The lowest BCUT2D eigenvalue weighted by Gasteiger charge is -2.25. The molecule has 0 atom stereocenters. The van der Waals surface area contributed by atoms with Gasteiger partial charge in [-0.15, -0.1) is 0 Å². The first kappa shape index (κ1) is 17.5. The van der Waals surface area contributed by atoms with Gasteiger partial charge in [0, 0.05) is 11.7 Å². The van der Waals surface area contributed by atoms with Gasteiger partial charge in [0.2, 0.25) is 11.8 Å². The summed E-state index contributed by atoms with van der Waals surface area (Å²) in [6.07, 6.45) is 4.33. The maximum atomic E-state index is 12.7. The molecule has 0 aromatic heterocycles. The third kappa shape index (κ3) is 4.12. The molecule has 0 spiro atoms. The van der Waals surface area contributed by atoms with E-state index in [9.17, 15) is 9.59 Å². The molecule has 4 nitrogen and oxygen atoms in total. The van der Waals surface area contributed by atoms with E-state index in [-0.39, 0.29) is 17.9 Å². The summed E-state index contributed by atoms with van der Waals surface area (Å²) in [5, 5.41) is 5.96. The average Bonchev–Trinajstić information content (AvgIpc) is 3.00. The number of hydrogen-bond donors (Lipinski definition) is 2. The van der Waals surface area contributed by atoms with Crippen molar-refractivity contribution >= 4 is 17.5 Å². The summed E-state index contributed by atoms with van der Waals surface area (Å²) in [7, 11) is 0. The molecule has 2 N–H and O–H groups in total. The SMILES string of the molecule is CC(C)c1ccccc1NC(=O)C(C)(C)C(=O)NC1CCCC1. The van der Waals surface area contributed by atoms with E-state index in [0.29, 0.717) is 5.92 Å². The Morgan fingerprint density at radius 2 is 1.70 bits per heavy atom. The number of benzene rings is 1. The monoisotopic (exact) mass is 316 g/mol. The zero-order valence-corrected chi connectivity index (χ0v) is 14.6. The Morgan fingerprint density at radius 3 is 2.30 bits per heavy atom. The van der Waals surface area contributed by atoms with E-state index in [4.69, 9.17) is 0 Å². The predicted octanol–water partition coefficient (Wildman–Crippen LogP) is 3.83. The molecule has 0 unspecified atom stereocenters. The zero-order chi connectivity index (χ0) is 17.0. The topological polar surface area (TPSA) is 58.2 Å². The first-order valence-electron chi connectivity index (χ1n) is 8.53. The normalized spacial score (nSPS) is 15.7. The molecule has 0 aliphatic heterocycles. The van der Waals surface area contributed by atoms with E-state index < -0.39 is 5.41 Å². The minimum absolute atomic E-state index is 0.191. The number of amides is 2. The van der Waals surface area contributed by atoms with Crippen LogP contribution in [0.3, 0.4) is 0 Å². The van der Waals surface area contributed by atoms with E-state index in [2.05, 4.69) is 24.5 Å². The molecule has 4 heteroatoms. The number of rotatable bonds is 5. The van der Waals surface area contributed by atoms with Crippen LogP contribution < -0.4 is 10.6 Å². The van der Waals surface area contributed by atoms with Crippen LogP contribution in [0.1, 0.15) is 64.9 Å². The minimum atomic E-state index is -1.09. The first-order valence-corrected chi connectivity index (χ1v) is 8.53. The summed E-state index contributed by atoms with van der Waals surface area (Å²) < 4.78 is 0. The Labute approximate surface area is 139 Å². The van der Waals surface area contributed by atoms with Gasteiger partial charge in [0.1, 0.15) is 5.41 Å². The first-order chi connectivity index (χ1) is 10.8. The summed E-state index contributed by atoms with van der Waals surface area (Å²) >= 11 is 0. The molecule has 1 saturated carbocycles. The van der Waals surface area contributed by atoms with Gasteiger partial charge in [0.15, 0.2) is 0 Å². The van der Waals surface area contributed by atoms with Crippen LogP contribution in [0.5, 0.6) is 0 Å². The highest BCUT2D eigenvalue weighted by molar-refractivity contribution is 6.10. The molecule has 0 heterocycles. The second kappa shape index (κ2) is 7.16. The molecule has 1 aliphatic rings. The van der Waals surface area contributed by atoms with Crippen molar-refractivity contribution in [2.75, 3.05) is 5.32 Å². The van der Waals surface area contributed by atoms with Crippen LogP contribution in [-0.4, -0.2) is 17.9 Å². The third-order valence-corrected chi connectivity index (χ3v) is 4.66. The summed E-state index contributed by atoms with van der Waals surface area (Å²) in [6.45, 7) is 7.54. The lowest BCUT2D eigenvalue weighted by atomic mass is 9.90. The van der Waals surface area contributed by atoms with Crippen LogP contribution in [-0.2, 0) is 9.59 Å². The lowest BCUT2D eigenvalue weighted by Crippen LogP contribution is -2.48. The maximum absolute atomic E-state index is 12.7. The molecule has 2 amide bonds. The molecular formula is C19H28N2O2. The van der Waals surface area contributed by atoms with Gasteiger partial charge in [0.05, 0.1) is 0 Å². The van der Waals surface area contributed by atoms with Gasteiger partial charge in [-0.05, 0) is 44.2 Å². The second-order valence-electron chi connectivity index (χ2n) is 7.28. The summed E-state index contributed by atoms with van der Waals surface area (Å²) in [6, 6.07) is 7.97. The molecule has 0 bridgehead atoms. The fraction of sp³-hybridized carbons (Fsp3) is 0.579. The summed E-state index contributed by atoms with van der Waals surface area (Å²) in [5.74, 6) is -0.146. The largest absolute Gasteiger partial charge is 0.352 e. The quantitative estimate of drug-likeness (QED) is 0.811. The smallest absolute Gasteiger partial charge is 0.239 e. The molecule has 0 radical (unpaired) electrons. The zero-order valence-electron chi connectivity index (χ0n) is 14.6.